The number of phenolic OH excluding ortho intramolecular Hbond substituents is 1. The number of anilines is 1. The number of Topliss-reactive ketones (excluding diaryl/α,β-unsaturated/α-hetero) is 2. The number of carbonyl (C=O) groups is 4. The molecule has 0 unspecified atom stereocenters. The Morgan fingerprint density at radius 3 is 2.33 bits per heavy atom. The highest BCUT2D eigenvalue weighted by atomic mass is 16.5. The van der Waals surface area contributed by atoms with Crippen LogP contribution >= 0.6 is 0 Å². The summed E-state index contributed by atoms with van der Waals surface area (Å²) in [6, 6.07) is 0.575. The van der Waals surface area contributed by atoms with Crippen LogP contribution in [0.1, 0.15) is 43.4 Å². The topological polar surface area (TPSA) is 191 Å². The summed E-state index contributed by atoms with van der Waals surface area (Å²) in [5.41, 5.74) is 3.11. The van der Waals surface area contributed by atoms with Gasteiger partial charge in [-0.05, 0) is 62.4 Å². The van der Waals surface area contributed by atoms with Crippen molar-refractivity contribution in [2.75, 3.05) is 39.7 Å². The van der Waals surface area contributed by atoms with Gasteiger partial charge >= 0.3 is 5.97 Å². The summed E-state index contributed by atoms with van der Waals surface area (Å²) in [6.07, 6.45) is 0.247. The van der Waals surface area contributed by atoms with Gasteiger partial charge in [-0.15, -0.1) is 0 Å². The molecule has 3 aliphatic rings. The van der Waals surface area contributed by atoms with Gasteiger partial charge in [0.1, 0.15) is 22.8 Å². The zero-order valence-corrected chi connectivity index (χ0v) is 24.7. The van der Waals surface area contributed by atoms with Gasteiger partial charge in [0.15, 0.2) is 11.4 Å². The molecule has 4 atom stereocenters. The normalized spacial score (nSPS) is 25.4. The van der Waals surface area contributed by atoms with Crippen LogP contribution in [0.15, 0.2) is 23.0 Å². The van der Waals surface area contributed by atoms with Gasteiger partial charge in [-0.25, -0.2) is 0 Å². The van der Waals surface area contributed by atoms with Crippen molar-refractivity contribution in [1.29, 1.82) is 0 Å². The molecule has 1 saturated carbocycles. The van der Waals surface area contributed by atoms with E-state index in [1.165, 1.54) is 4.90 Å². The smallest absolute Gasteiger partial charge is 0.306 e. The number of benzene rings is 1. The van der Waals surface area contributed by atoms with Crippen LogP contribution in [0.5, 0.6) is 5.75 Å². The first kappa shape index (κ1) is 31.0. The Morgan fingerprint density at radius 2 is 1.79 bits per heavy atom. The predicted molar refractivity (Wildman–Crippen MR) is 153 cm³/mol. The van der Waals surface area contributed by atoms with E-state index in [0.29, 0.717) is 16.8 Å². The maximum Gasteiger partial charge on any atom is 0.306 e. The lowest BCUT2D eigenvalue weighted by atomic mass is 9.57. The minimum Gasteiger partial charge on any atom is -0.508 e. The number of ether oxygens (including phenoxy) is 1. The molecule has 0 radical (unpaired) electrons. The molecule has 1 aromatic carbocycles. The van der Waals surface area contributed by atoms with E-state index in [-0.39, 0.29) is 55.1 Å². The highest BCUT2D eigenvalue weighted by Gasteiger charge is 2.64. The largest absolute Gasteiger partial charge is 0.508 e. The molecule has 0 aliphatic heterocycles. The lowest BCUT2D eigenvalue weighted by molar-refractivity contribution is -0.153. The number of ketones is 2. The van der Waals surface area contributed by atoms with E-state index in [0.717, 1.165) is 0 Å². The summed E-state index contributed by atoms with van der Waals surface area (Å²) in [4.78, 5) is 55.0. The molecule has 0 spiro atoms. The molecule has 0 heterocycles. The quantitative estimate of drug-likeness (QED) is 0.217. The number of aliphatic hydroxyl groups excluding tert-OH is 2. The van der Waals surface area contributed by atoms with E-state index >= 15 is 0 Å². The van der Waals surface area contributed by atoms with E-state index in [9.17, 15) is 39.6 Å². The Bertz CT molecular complexity index is 1430. The van der Waals surface area contributed by atoms with Gasteiger partial charge < -0.3 is 35.8 Å². The van der Waals surface area contributed by atoms with Crippen LogP contribution in [0.25, 0.3) is 5.76 Å². The monoisotopic (exact) mass is 585 g/mol. The number of amides is 1. The molecule has 42 heavy (non-hydrogen) atoms. The number of hydrogen-bond donors (Lipinski definition) is 5. The number of hydrogen-bond acceptors (Lipinski definition) is 11. The molecule has 228 valence electrons. The number of carbonyl (C=O) groups excluding carboxylic acids is 4. The van der Waals surface area contributed by atoms with Gasteiger partial charge in [-0.1, -0.05) is 13.8 Å². The van der Waals surface area contributed by atoms with Crippen molar-refractivity contribution < 1.29 is 44.3 Å². The maximum absolute atomic E-state index is 14.0. The van der Waals surface area contributed by atoms with E-state index in [2.05, 4.69) is 0 Å². The Balaban J connectivity index is 1.86. The van der Waals surface area contributed by atoms with Crippen molar-refractivity contribution in [2.45, 2.75) is 51.2 Å². The highest BCUT2D eigenvalue weighted by Crippen LogP contribution is 2.54. The molecule has 4 rings (SSSR count). The fourth-order valence-corrected chi connectivity index (χ4v) is 6.50. The van der Waals surface area contributed by atoms with Crippen LogP contribution in [0.4, 0.5) is 5.69 Å². The van der Waals surface area contributed by atoms with Crippen LogP contribution in [-0.4, -0.2) is 95.2 Å². The second kappa shape index (κ2) is 11.1. The number of aromatic hydroxyl groups is 1. The molecule has 1 aromatic rings. The summed E-state index contributed by atoms with van der Waals surface area (Å²) in [7, 11) is 6.67. The summed E-state index contributed by atoms with van der Waals surface area (Å²) < 4.78 is 5.24. The van der Waals surface area contributed by atoms with Gasteiger partial charge in [0.2, 0.25) is 5.78 Å². The van der Waals surface area contributed by atoms with Crippen molar-refractivity contribution in [1.82, 2.24) is 4.90 Å². The van der Waals surface area contributed by atoms with E-state index in [1.807, 2.05) is 13.8 Å². The van der Waals surface area contributed by atoms with E-state index in [1.54, 1.807) is 39.2 Å². The lowest BCUT2D eigenvalue weighted by Crippen LogP contribution is -2.65. The Hall–Kier alpha value is -3.90. The second-order valence-electron chi connectivity index (χ2n) is 12.2. The number of rotatable bonds is 8. The lowest BCUT2D eigenvalue weighted by Gasteiger charge is -2.50. The average molecular weight is 586 g/mol. The van der Waals surface area contributed by atoms with Crippen molar-refractivity contribution in [2.24, 2.45) is 23.5 Å². The number of phenols is 1. The molecule has 0 bridgehead atoms. The van der Waals surface area contributed by atoms with Crippen molar-refractivity contribution >= 4 is 34.9 Å². The average Bonchev–Trinajstić information content (AvgIpc) is 2.88. The molecule has 1 amide bonds. The molecule has 3 aliphatic carbocycles. The molecule has 12 heteroatoms. The zero-order valence-electron chi connectivity index (χ0n) is 24.7. The fourth-order valence-electron chi connectivity index (χ4n) is 6.50. The standard InChI is InChI=1S/C30H39N3O9/c1-13(2)12-42-19(34)8-7-14-11-18(32(3)4)16-9-15-10-17-23(33(5)6)26(37)22(29(31)40)28(39)30(17,41)27(38)20(15)25(36)21(16)24(14)35/h11,13,15,17,23,35-36,39,41H,7-10,12H2,1-6H3,(H2,31,40)/t15-,17-,23-,30-/m1/s1. The number of esters is 1. The minimum absolute atomic E-state index is 0.00281. The van der Waals surface area contributed by atoms with Gasteiger partial charge in [-0.2, -0.15) is 0 Å². The maximum atomic E-state index is 14.0. The number of nitrogens with zero attached hydrogens (tertiary/aromatic N) is 2. The summed E-state index contributed by atoms with van der Waals surface area (Å²) in [5.74, 6) is -7.30. The second-order valence-corrected chi connectivity index (χ2v) is 12.2. The molecular weight excluding hydrogens is 546 g/mol. The van der Waals surface area contributed by atoms with E-state index < -0.39 is 64.0 Å². The third kappa shape index (κ3) is 4.82. The minimum atomic E-state index is -2.71. The number of primary amides is 1. The summed E-state index contributed by atoms with van der Waals surface area (Å²) >= 11 is 0. The summed E-state index contributed by atoms with van der Waals surface area (Å²) in [5, 5.41) is 45.7. The number of fused-ring (bicyclic) bond motifs is 3. The van der Waals surface area contributed by atoms with Gasteiger partial charge in [0.25, 0.3) is 5.91 Å². The first-order valence-corrected chi connectivity index (χ1v) is 13.9. The molecule has 6 N–H and O–H groups in total. The van der Waals surface area contributed by atoms with Crippen LogP contribution < -0.4 is 10.6 Å². The number of nitrogens with two attached hydrogens (primary N) is 1. The van der Waals surface area contributed by atoms with Crippen LogP contribution in [0.3, 0.4) is 0 Å². The van der Waals surface area contributed by atoms with Crippen LogP contribution in [-0.2, 0) is 36.8 Å². The van der Waals surface area contributed by atoms with Crippen LogP contribution in [0.2, 0.25) is 0 Å². The molecule has 0 aromatic heterocycles. The van der Waals surface area contributed by atoms with Crippen molar-refractivity contribution in [3.05, 3.63) is 39.7 Å². The van der Waals surface area contributed by atoms with Gasteiger partial charge in [0, 0.05) is 37.7 Å². The van der Waals surface area contributed by atoms with Crippen molar-refractivity contribution in [3.8, 4) is 5.75 Å². The molecule has 1 fully saturated rings. The third-order valence-corrected chi connectivity index (χ3v) is 8.43. The first-order chi connectivity index (χ1) is 19.5. The van der Waals surface area contributed by atoms with E-state index in [4.69, 9.17) is 10.5 Å². The van der Waals surface area contributed by atoms with Gasteiger partial charge in [-0.3, -0.25) is 24.1 Å². The number of aryl methyl sites for hydroxylation is 1. The summed E-state index contributed by atoms with van der Waals surface area (Å²) in [6.45, 7) is 4.09. The van der Waals surface area contributed by atoms with Crippen molar-refractivity contribution in [3.63, 3.8) is 0 Å². The van der Waals surface area contributed by atoms with Gasteiger partial charge in [0.05, 0.1) is 18.2 Å². The Kier molecular flexibility index (Phi) is 8.18. The third-order valence-electron chi connectivity index (χ3n) is 8.43. The Labute approximate surface area is 244 Å². The fraction of sp³-hybridized carbons (Fsp3) is 0.533. The highest BCUT2D eigenvalue weighted by molar-refractivity contribution is 6.24. The molecule has 0 saturated heterocycles. The SMILES string of the molecule is CC(C)COC(=O)CCc1cc(N(C)C)c2c(c1O)C(O)=C1C(=O)[C@@]3(O)C(O)=C(C(N)=O)C(=O)[C@H](N(C)C)[C@H]3C[C@H]1C2. The molecular formula is C30H39N3O9. The molecule has 12 nitrogen and oxygen atoms in total. The number of likely N-dealkylation sites (N-methyl/N-ethyl adjacent to an activating group) is 1. The first-order valence-electron chi connectivity index (χ1n) is 13.9. The zero-order chi connectivity index (χ0) is 31.4. The predicted octanol–water partition coefficient (Wildman–Crippen LogP) is 1.16. The Morgan fingerprint density at radius 1 is 1.14 bits per heavy atom. The number of aliphatic hydroxyl groups is 3. The van der Waals surface area contributed by atoms with Crippen LogP contribution in [0, 0.1) is 17.8 Å².